The van der Waals surface area contributed by atoms with E-state index in [1.165, 1.54) is 6.42 Å². The normalized spacial score (nSPS) is 17.6. The van der Waals surface area contributed by atoms with Crippen LogP contribution in [0.5, 0.6) is 0 Å². The number of carbonyl (C=O) groups excluding carboxylic acids is 3. The van der Waals surface area contributed by atoms with Crippen molar-refractivity contribution in [3.63, 3.8) is 0 Å². The van der Waals surface area contributed by atoms with Gasteiger partial charge in [0.1, 0.15) is 16.0 Å². The molecule has 1 amide bonds. The highest BCUT2D eigenvalue weighted by atomic mass is 32.1. The minimum absolute atomic E-state index is 0.00471. The van der Waals surface area contributed by atoms with E-state index in [2.05, 4.69) is 5.32 Å². The van der Waals surface area contributed by atoms with Crippen LogP contribution in [0.4, 0.5) is 5.00 Å². The van der Waals surface area contributed by atoms with E-state index in [4.69, 9.17) is 9.47 Å². The van der Waals surface area contributed by atoms with Gasteiger partial charge in [-0.25, -0.2) is 9.59 Å². The zero-order valence-electron chi connectivity index (χ0n) is 15.3. The van der Waals surface area contributed by atoms with Gasteiger partial charge in [0.15, 0.2) is 0 Å². The van der Waals surface area contributed by atoms with Crippen molar-refractivity contribution in [1.29, 1.82) is 0 Å². The van der Waals surface area contributed by atoms with Gasteiger partial charge in [0.2, 0.25) is 5.91 Å². The number of thiophene rings is 1. The molecule has 142 valence electrons. The number of nitrogens with one attached hydrogen (secondary N) is 1. The zero-order valence-corrected chi connectivity index (χ0v) is 16.1. The summed E-state index contributed by atoms with van der Waals surface area (Å²) in [4.78, 5) is 37.5. The zero-order chi connectivity index (χ0) is 18.7. The van der Waals surface area contributed by atoms with Gasteiger partial charge in [-0.15, -0.1) is 11.3 Å². The van der Waals surface area contributed by atoms with Crippen LogP contribution >= 0.6 is 11.3 Å². The summed E-state index contributed by atoms with van der Waals surface area (Å²) in [7, 11) is 0. The van der Waals surface area contributed by atoms with Gasteiger partial charge in [0.05, 0.1) is 12.2 Å². The number of amides is 1. The Morgan fingerprint density at radius 2 is 1.77 bits per heavy atom. The summed E-state index contributed by atoms with van der Waals surface area (Å²) >= 11 is 1.10. The molecular weight excluding hydrogens is 354 g/mol. The van der Waals surface area contributed by atoms with Crippen molar-refractivity contribution in [3.8, 4) is 0 Å². The molecule has 1 N–H and O–H groups in total. The molecule has 1 aromatic heterocycles. The lowest BCUT2D eigenvalue weighted by Crippen LogP contribution is -2.21. The molecule has 0 atom stereocenters. The molecule has 6 nitrogen and oxygen atoms in total. The molecule has 0 spiro atoms. The van der Waals surface area contributed by atoms with Crippen LogP contribution in [0.3, 0.4) is 0 Å². The number of ether oxygens (including phenoxy) is 2. The van der Waals surface area contributed by atoms with Gasteiger partial charge in [-0.05, 0) is 57.9 Å². The van der Waals surface area contributed by atoms with Crippen molar-refractivity contribution >= 4 is 34.2 Å². The average molecular weight is 379 g/mol. The summed E-state index contributed by atoms with van der Waals surface area (Å²) in [6.45, 7) is 3.65. The quantitative estimate of drug-likeness (QED) is 0.754. The second-order valence-electron chi connectivity index (χ2n) is 6.91. The van der Waals surface area contributed by atoms with Gasteiger partial charge in [0.25, 0.3) is 0 Å². The fourth-order valence-electron chi connectivity index (χ4n) is 3.19. The van der Waals surface area contributed by atoms with Crippen LogP contribution in [-0.2, 0) is 14.3 Å². The summed E-state index contributed by atoms with van der Waals surface area (Å²) in [5.74, 6) is -1.05. The van der Waals surface area contributed by atoms with Crippen molar-refractivity contribution in [1.82, 2.24) is 0 Å². The van der Waals surface area contributed by atoms with Crippen LogP contribution in [0.2, 0.25) is 0 Å². The van der Waals surface area contributed by atoms with Gasteiger partial charge in [0, 0.05) is 5.92 Å². The molecule has 2 fully saturated rings. The van der Waals surface area contributed by atoms with Gasteiger partial charge >= 0.3 is 11.9 Å². The number of carbonyl (C=O) groups is 3. The maximum atomic E-state index is 12.6. The molecular formula is C19H25NO5S. The lowest BCUT2D eigenvalue weighted by atomic mass is 9.98. The van der Waals surface area contributed by atoms with E-state index in [0.717, 1.165) is 49.9 Å². The first kappa shape index (κ1) is 18.9. The minimum Gasteiger partial charge on any atom is -0.462 e. The highest BCUT2D eigenvalue weighted by Gasteiger charge is 2.33. The smallest absolute Gasteiger partial charge is 0.348 e. The summed E-state index contributed by atoms with van der Waals surface area (Å²) in [5, 5.41) is 3.19. The molecule has 0 aromatic carbocycles. The summed E-state index contributed by atoms with van der Waals surface area (Å²) in [5.41, 5.74) is 0.779. The van der Waals surface area contributed by atoms with E-state index in [-0.39, 0.29) is 30.1 Å². The first-order chi connectivity index (χ1) is 12.5. The molecule has 3 rings (SSSR count). The Morgan fingerprint density at radius 3 is 2.38 bits per heavy atom. The molecule has 2 aliphatic rings. The third-order valence-electron chi connectivity index (χ3n) is 4.82. The third-order valence-corrected chi connectivity index (χ3v) is 6.01. The molecule has 26 heavy (non-hydrogen) atoms. The van der Waals surface area contributed by atoms with E-state index in [1.807, 2.05) is 0 Å². The molecule has 7 heteroatoms. The van der Waals surface area contributed by atoms with Crippen LogP contribution < -0.4 is 5.32 Å². The van der Waals surface area contributed by atoms with Crippen LogP contribution in [0.1, 0.15) is 77.5 Å². The molecule has 0 saturated heterocycles. The van der Waals surface area contributed by atoms with E-state index in [1.54, 1.807) is 13.8 Å². The molecule has 0 bridgehead atoms. The van der Waals surface area contributed by atoms with E-state index >= 15 is 0 Å². The largest absolute Gasteiger partial charge is 0.462 e. The number of hydrogen-bond donors (Lipinski definition) is 1. The average Bonchev–Trinajstić information content (AvgIpc) is 3.41. The Labute approximate surface area is 157 Å². The van der Waals surface area contributed by atoms with Crippen LogP contribution in [0.25, 0.3) is 0 Å². The minimum atomic E-state index is -0.524. The number of esters is 2. The van der Waals surface area contributed by atoms with Crippen LogP contribution in [0.15, 0.2) is 0 Å². The number of rotatable bonds is 6. The number of anilines is 1. The molecule has 2 saturated carbocycles. The second-order valence-corrected chi connectivity index (χ2v) is 7.93. The van der Waals surface area contributed by atoms with Crippen molar-refractivity contribution in [2.75, 3.05) is 11.9 Å². The highest BCUT2D eigenvalue weighted by Crippen LogP contribution is 2.37. The Morgan fingerprint density at radius 1 is 1.08 bits per heavy atom. The molecule has 1 aromatic rings. The van der Waals surface area contributed by atoms with Crippen molar-refractivity contribution in [3.05, 3.63) is 16.0 Å². The monoisotopic (exact) mass is 379 g/mol. The predicted molar refractivity (Wildman–Crippen MR) is 98.7 cm³/mol. The highest BCUT2D eigenvalue weighted by molar-refractivity contribution is 7.18. The van der Waals surface area contributed by atoms with Gasteiger partial charge in [-0.1, -0.05) is 6.42 Å². The second kappa shape index (κ2) is 8.20. The third kappa shape index (κ3) is 4.26. The first-order valence-corrected chi connectivity index (χ1v) is 10.1. The first-order valence-electron chi connectivity index (χ1n) is 9.33. The number of hydrogen-bond acceptors (Lipinski definition) is 6. The van der Waals surface area contributed by atoms with E-state index < -0.39 is 11.9 Å². The van der Waals surface area contributed by atoms with Crippen molar-refractivity contribution < 1.29 is 23.9 Å². The standard InChI is InChI=1S/C19H25NO5S/c1-3-24-18(22)14-11(2)15(19(23)25-13-7-5-4-6-8-13)26-17(14)20-16(21)12-9-10-12/h12-13H,3-10H2,1-2H3,(H,20,21). The fourth-order valence-corrected chi connectivity index (χ4v) is 4.27. The van der Waals surface area contributed by atoms with E-state index in [9.17, 15) is 14.4 Å². The summed E-state index contributed by atoms with van der Waals surface area (Å²) in [6, 6.07) is 0. The van der Waals surface area contributed by atoms with Crippen molar-refractivity contribution in [2.45, 2.75) is 64.9 Å². The maximum absolute atomic E-state index is 12.6. The molecule has 0 radical (unpaired) electrons. The Kier molecular flexibility index (Phi) is 5.96. The van der Waals surface area contributed by atoms with E-state index in [0.29, 0.717) is 15.4 Å². The Bertz CT molecular complexity index is 701. The Balaban J connectivity index is 1.82. The molecule has 1 heterocycles. The lowest BCUT2D eigenvalue weighted by Gasteiger charge is -2.21. The SMILES string of the molecule is CCOC(=O)c1c(NC(=O)C2CC2)sc(C(=O)OC2CCCCC2)c1C. The summed E-state index contributed by atoms with van der Waals surface area (Å²) in [6.07, 6.45) is 6.74. The lowest BCUT2D eigenvalue weighted by molar-refractivity contribution is -0.117. The van der Waals surface area contributed by atoms with Gasteiger partial charge in [-0.2, -0.15) is 0 Å². The van der Waals surface area contributed by atoms with Gasteiger partial charge in [-0.3, -0.25) is 4.79 Å². The summed E-state index contributed by atoms with van der Waals surface area (Å²) < 4.78 is 10.8. The van der Waals surface area contributed by atoms with Gasteiger partial charge < -0.3 is 14.8 Å². The maximum Gasteiger partial charge on any atom is 0.348 e. The van der Waals surface area contributed by atoms with Crippen molar-refractivity contribution in [2.24, 2.45) is 5.92 Å². The molecule has 2 aliphatic carbocycles. The predicted octanol–water partition coefficient (Wildman–Crippen LogP) is 4.07. The Hall–Kier alpha value is -1.89. The topological polar surface area (TPSA) is 81.7 Å². The molecule has 0 aliphatic heterocycles. The van der Waals surface area contributed by atoms with Crippen LogP contribution in [0, 0.1) is 12.8 Å². The fraction of sp³-hybridized carbons (Fsp3) is 0.632. The van der Waals surface area contributed by atoms with Crippen LogP contribution in [-0.4, -0.2) is 30.6 Å². The molecule has 0 unspecified atom stereocenters.